The largest absolute Gasteiger partial charge is 0.440 e. The fourth-order valence-corrected chi connectivity index (χ4v) is 2.36. The lowest BCUT2D eigenvalue weighted by molar-refractivity contribution is 0.367. The van der Waals surface area contributed by atoms with E-state index in [9.17, 15) is 4.39 Å². The highest BCUT2D eigenvalue weighted by Crippen LogP contribution is 2.27. The number of pyridine rings is 2. The Morgan fingerprint density at radius 1 is 1.27 bits per heavy atom. The average molecular weight is 299 g/mol. The van der Waals surface area contributed by atoms with Gasteiger partial charge in [0.15, 0.2) is 16.9 Å². The lowest BCUT2D eigenvalue weighted by Gasteiger charge is -2.23. The van der Waals surface area contributed by atoms with Crippen molar-refractivity contribution < 1.29 is 8.81 Å². The molecular weight excluding hydrogens is 285 g/mol. The molecule has 7 heteroatoms. The Kier molecular flexibility index (Phi) is 3.19. The molecule has 0 atom stereocenters. The van der Waals surface area contributed by atoms with Crippen LogP contribution < -0.4 is 10.6 Å². The molecule has 0 aromatic carbocycles. The zero-order chi connectivity index (χ0) is 14.9. The number of rotatable bonds is 4. The van der Waals surface area contributed by atoms with E-state index in [1.54, 1.807) is 24.5 Å². The van der Waals surface area contributed by atoms with Crippen LogP contribution in [-0.2, 0) is 6.54 Å². The van der Waals surface area contributed by atoms with Crippen LogP contribution in [0.15, 0.2) is 35.0 Å². The Bertz CT molecular complexity index is 815. The Labute approximate surface area is 125 Å². The van der Waals surface area contributed by atoms with E-state index in [-0.39, 0.29) is 12.4 Å². The fourth-order valence-electron chi connectivity index (χ4n) is 2.36. The van der Waals surface area contributed by atoms with Crippen molar-refractivity contribution in [2.75, 3.05) is 18.4 Å². The van der Waals surface area contributed by atoms with E-state index in [0.717, 1.165) is 13.1 Å². The van der Waals surface area contributed by atoms with Gasteiger partial charge in [-0.1, -0.05) is 0 Å². The number of hydrogen-bond acceptors (Lipinski definition) is 6. The molecule has 0 amide bonds. The third-order valence-electron chi connectivity index (χ3n) is 3.71. The molecule has 2 N–H and O–H groups in total. The first-order valence-electron chi connectivity index (χ1n) is 7.10. The van der Waals surface area contributed by atoms with Crippen molar-refractivity contribution in [2.45, 2.75) is 12.5 Å². The summed E-state index contributed by atoms with van der Waals surface area (Å²) in [6.45, 7) is 2.00. The van der Waals surface area contributed by atoms with Crippen molar-refractivity contribution >= 4 is 16.9 Å². The van der Waals surface area contributed by atoms with Crippen LogP contribution in [0.1, 0.15) is 17.5 Å². The first-order valence-corrected chi connectivity index (χ1v) is 7.10. The Morgan fingerprint density at radius 3 is 2.95 bits per heavy atom. The Morgan fingerprint density at radius 2 is 2.18 bits per heavy atom. The summed E-state index contributed by atoms with van der Waals surface area (Å²) >= 11 is 0. The van der Waals surface area contributed by atoms with Gasteiger partial charge in [0, 0.05) is 31.5 Å². The van der Waals surface area contributed by atoms with Crippen molar-refractivity contribution in [1.82, 2.24) is 20.3 Å². The lowest BCUT2D eigenvalue weighted by atomic mass is 10.0. The smallest absolute Gasteiger partial charge is 0.201 e. The van der Waals surface area contributed by atoms with Crippen molar-refractivity contribution in [3.8, 4) is 0 Å². The zero-order valence-electron chi connectivity index (χ0n) is 11.7. The summed E-state index contributed by atoms with van der Waals surface area (Å²) in [5.41, 5.74) is 1.69. The molecule has 1 aliphatic rings. The van der Waals surface area contributed by atoms with Crippen LogP contribution >= 0.6 is 0 Å². The van der Waals surface area contributed by atoms with Gasteiger partial charge >= 0.3 is 0 Å². The molecule has 6 nitrogen and oxygen atoms in total. The van der Waals surface area contributed by atoms with Crippen LogP contribution in [0.5, 0.6) is 0 Å². The van der Waals surface area contributed by atoms with Crippen molar-refractivity contribution in [2.24, 2.45) is 0 Å². The molecule has 0 unspecified atom stereocenters. The number of aromatic nitrogens is 3. The van der Waals surface area contributed by atoms with Gasteiger partial charge in [-0.3, -0.25) is 4.98 Å². The van der Waals surface area contributed by atoms with Crippen molar-refractivity contribution in [3.05, 3.63) is 48.0 Å². The molecule has 3 aromatic rings. The standard InChI is InChI=1S/C15H14FN5O/c16-10-2-1-4-18-11(10)8-20-14-13-12(3-5-19-14)22-15(21-13)9-6-17-7-9/h1-5,9,17H,6-8H2,(H,19,20). The Hall–Kier alpha value is -2.54. The van der Waals surface area contributed by atoms with Gasteiger partial charge in [-0.2, -0.15) is 0 Å². The molecule has 4 heterocycles. The van der Waals surface area contributed by atoms with E-state index in [2.05, 4.69) is 25.6 Å². The average Bonchev–Trinajstić information content (AvgIpc) is 2.88. The van der Waals surface area contributed by atoms with Crippen molar-refractivity contribution in [3.63, 3.8) is 0 Å². The van der Waals surface area contributed by atoms with Crippen LogP contribution in [0.3, 0.4) is 0 Å². The normalized spacial score (nSPS) is 15.0. The maximum Gasteiger partial charge on any atom is 0.201 e. The minimum absolute atomic E-state index is 0.242. The number of nitrogens with zero attached hydrogens (tertiary/aromatic N) is 3. The molecular formula is C15H14FN5O. The predicted molar refractivity (Wildman–Crippen MR) is 78.9 cm³/mol. The zero-order valence-corrected chi connectivity index (χ0v) is 11.7. The highest BCUT2D eigenvalue weighted by atomic mass is 19.1. The van der Waals surface area contributed by atoms with Gasteiger partial charge in [0.25, 0.3) is 0 Å². The first-order chi connectivity index (χ1) is 10.8. The number of anilines is 1. The summed E-state index contributed by atoms with van der Waals surface area (Å²) in [6, 6.07) is 4.73. The van der Waals surface area contributed by atoms with E-state index in [0.29, 0.717) is 34.4 Å². The molecule has 0 radical (unpaired) electrons. The Balaban J connectivity index is 1.61. The predicted octanol–water partition coefficient (Wildman–Crippen LogP) is 2.06. The molecule has 0 spiro atoms. The topological polar surface area (TPSA) is 75.9 Å². The van der Waals surface area contributed by atoms with Crippen LogP contribution in [0.2, 0.25) is 0 Å². The minimum atomic E-state index is -0.344. The van der Waals surface area contributed by atoms with E-state index >= 15 is 0 Å². The van der Waals surface area contributed by atoms with Gasteiger partial charge in [-0.25, -0.2) is 14.4 Å². The monoisotopic (exact) mass is 299 g/mol. The third-order valence-corrected chi connectivity index (χ3v) is 3.71. The number of oxazole rings is 1. The SMILES string of the molecule is Fc1cccnc1CNc1nccc2oc(C3CNC3)nc12. The van der Waals surface area contributed by atoms with Gasteiger partial charge in [0.05, 0.1) is 18.2 Å². The van der Waals surface area contributed by atoms with Crippen LogP contribution in [0, 0.1) is 5.82 Å². The molecule has 3 aromatic heterocycles. The summed E-state index contributed by atoms with van der Waals surface area (Å²) in [5.74, 6) is 1.26. The van der Waals surface area contributed by atoms with Crippen molar-refractivity contribution in [1.29, 1.82) is 0 Å². The molecule has 0 bridgehead atoms. The second kappa shape index (κ2) is 5.34. The highest BCUT2D eigenvalue weighted by molar-refractivity contribution is 5.84. The van der Waals surface area contributed by atoms with Crippen LogP contribution in [0.4, 0.5) is 10.2 Å². The maximum absolute atomic E-state index is 13.6. The van der Waals surface area contributed by atoms with E-state index < -0.39 is 0 Å². The maximum atomic E-state index is 13.6. The van der Waals surface area contributed by atoms with Crippen LogP contribution in [0.25, 0.3) is 11.1 Å². The van der Waals surface area contributed by atoms with E-state index in [4.69, 9.17) is 4.42 Å². The number of nitrogens with one attached hydrogen (secondary N) is 2. The van der Waals surface area contributed by atoms with Crippen LogP contribution in [-0.4, -0.2) is 28.0 Å². The van der Waals surface area contributed by atoms with Gasteiger partial charge in [-0.15, -0.1) is 0 Å². The molecule has 112 valence electrons. The van der Waals surface area contributed by atoms with Gasteiger partial charge < -0.3 is 15.1 Å². The lowest BCUT2D eigenvalue weighted by Crippen LogP contribution is -2.40. The summed E-state index contributed by atoms with van der Waals surface area (Å²) < 4.78 is 19.4. The number of fused-ring (bicyclic) bond motifs is 1. The second-order valence-corrected chi connectivity index (χ2v) is 5.20. The summed E-state index contributed by atoms with van der Waals surface area (Å²) in [7, 11) is 0. The van der Waals surface area contributed by atoms with E-state index in [1.807, 2.05) is 0 Å². The molecule has 22 heavy (non-hydrogen) atoms. The molecule has 1 aliphatic heterocycles. The molecule has 0 aliphatic carbocycles. The summed E-state index contributed by atoms with van der Waals surface area (Å²) in [5, 5.41) is 6.27. The summed E-state index contributed by atoms with van der Waals surface area (Å²) in [6.07, 6.45) is 3.21. The van der Waals surface area contributed by atoms with Gasteiger partial charge in [0.2, 0.25) is 5.89 Å². The number of halogens is 1. The fraction of sp³-hybridized carbons (Fsp3) is 0.267. The second-order valence-electron chi connectivity index (χ2n) is 5.20. The highest BCUT2D eigenvalue weighted by Gasteiger charge is 2.25. The molecule has 1 saturated heterocycles. The summed E-state index contributed by atoms with van der Waals surface area (Å²) in [4.78, 5) is 12.8. The van der Waals surface area contributed by atoms with Gasteiger partial charge in [0.1, 0.15) is 5.82 Å². The van der Waals surface area contributed by atoms with E-state index in [1.165, 1.54) is 6.07 Å². The third kappa shape index (κ3) is 2.29. The molecule has 0 saturated carbocycles. The minimum Gasteiger partial charge on any atom is -0.440 e. The first kappa shape index (κ1) is 13.1. The molecule has 4 rings (SSSR count). The number of hydrogen-bond donors (Lipinski definition) is 2. The molecule has 1 fully saturated rings. The quantitative estimate of drug-likeness (QED) is 0.768. The van der Waals surface area contributed by atoms with Gasteiger partial charge in [-0.05, 0) is 12.1 Å².